The van der Waals surface area contributed by atoms with Gasteiger partial charge >= 0.3 is 0 Å². The van der Waals surface area contributed by atoms with E-state index in [2.05, 4.69) is 31.2 Å². The number of hydrogen-bond donors (Lipinski definition) is 1. The molecule has 0 aliphatic heterocycles. The Hall–Kier alpha value is -1.02. The molecule has 1 atom stereocenters. The molecule has 2 N–H and O–H groups in total. The van der Waals surface area contributed by atoms with Crippen molar-refractivity contribution in [3.8, 4) is 5.75 Å². The summed E-state index contributed by atoms with van der Waals surface area (Å²) in [6.07, 6.45) is 9.42. The van der Waals surface area contributed by atoms with Crippen LogP contribution in [0.4, 0.5) is 0 Å². The van der Waals surface area contributed by atoms with E-state index in [4.69, 9.17) is 10.5 Å². The van der Waals surface area contributed by atoms with Crippen LogP contribution in [0.2, 0.25) is 0 Å². The van der Waals surface area contributed by atoms with Crippen molar-refractivity contribution in [2.75, 3.05) is 0 Å². The average molecular weight is 259 g/mol. The maximum atomic E-state index is 6.53. The number of benzene rings is 1. The first-order valence-corrected chi connectivity index (χ1v) is 7.70. The van der Waals surface area contributed by atoms with Crippen LogP contribution < -0.4 is 10.5 Å². The average Bonchev–Trinajstić information content (AvgIpc) is 3.24. The SMILES string of the molecule is CC1(C(N)c2ccc(OC3CC3)cc2)CCCCC1. The van der Waals surface area contributed by atoms with E-state index in [-0.39, 0.29) is 11.5 Å². The fourth-order valence-electron chi connectivity index (χ4n) is 3.20. The minimum Gasteiger partial charge on any atom is -0.490 e. The van der Waals surface area contributed by atoms with Crippen molar-refractivity contribution in [2.24, 2.45) is 11.1 Å². The Morgan fingerprint density at radius 3 is 2.32 bits per heavy atom. The normalized spacial score (nSPS) is 23.9. The molecule has 19 heavy (non-hydrogen) atoms. The van der Waals surface area contributed by atoms with Gasteiger partial charge in [-0.3, -0.25) is 0 Å². The van der Waals surface area contributed by atoms with Gasteiger partial charge in [0.1, 0.15) is 5.75 Å². The van der Waals surface area contributed by atoms with Crippen LogP contribution in [0.1, 0.15) is 63.5 Å². The molecular weight excluding hydrogens is 234 g/mol. The molecule has 0 amide bonds. The maximum absolute atomic E-state index is 6.53. The molecule has 104 valence electrons. The molecule has 2 aliphatic carbocycles. The quantitative estimate of drug-likeness (QED) is 0.879. The van der Waals surface area contributed by atoms with Gasteiger partial charge in [0, 0.05) is 6.04 Å². The molecule has 0 aromatic heterocycles. The van der Waals surface area contributed by atoms with Crippen LogP contribution in [0.5, 0.6) is 5.75 Å². The highest BCUT2D eigenvalue weighted by molar-refractivity contribution is 5.30. The minimum absolute atomic E-state index is 0.155. The largest absolute Gasteiger partial charge is 0.490 e. The van der Waals surface area contributed by atoms with Crippen LogP contribution in [0.15, 0.2) is 24.3 Å². The number of ether oxygens (including phenoxy) is 1. The highest BCUT2D eigenvalue weighted by atomic mass is 16.5. The van der Waals surface area contributed by atoms with Crippen LogP contribution in [-0.4, -0.2) is 6.10 Å². The van der Waals surface area contributed by atoms with Gasteiger partial charge in [0.2, 0.25) is 0 Å². The molecule has 2 nitrogen and oxygen atoms in total. The molecule has 2 fully saturated rings. The van der Waals surface area contributed by atoms with Crippen LogP contribution in [-0.2, 0) is 0 Å². The zero-order valence-corrected chi connectivity index (χ0v) is 11.9. The monoisotopic (exact) mass is 259 g/mol. The fourth-order valence-corrected chi connectivity index (χ4v) is 3.20. The van der Waals surface area contributed by atoms with Gasteiger partial charge in [-0.1, -0.05) is 38.3 Å². The Labute approximate surface area is 116 Å². The molecule has 1 unspecified atom stereocenters. The summed E-state index contributed by atoms with van der Waals surface area (Å²) >= 11 is 0. The zero-order valence-electron chi connectivity index (χ0n) is 11.9. The van der Waals surface area contributed by atoms with Crippen LogP contribution in [0, 0.1) is 5.41 Å². The first kappa shape index (κ1) is 13.0. The van der Waals surface area contributed by atoms with Crippen molar-refractivity contribution >= 4 is 0 Å². The van der Waals surface area contributed by atoms with Gasteiger partial charge in [-0.25, -0.2) is 0 Å². The highest BCUT2D eigenvalue weighted by Crippen LogP contribution is 2.44. The lowest BCUT2D eigenvalue weighted by Gasteiger charge is -2.39. The van der Waals surface area contributed by atoms with Crippen molar-refractivity contribution in [2.45, 2.75) is 64.0 Å². The van der Waals surface area contributed by atoms with Gasteiger partial charge in [0.05, 0.1) is 6.10 Å². The molecule has 1 aromatic rings. The van der Waals surface area contributed by atoms with E-state index in [1.54, 1.807) is 0 Å². The molecule has 2 saturated carbocycles. The predicted octanol–water partition coefficient (Wildman–Crippen LogP) is 4.20. The highest BCUT2D eigenvalue weighted by Gasteiger charge is 2.34. The third kappa shape index (κ3) is 2.94. The van der Waals surface area contributed by atoms with Crippen LogP contribution in [0.3, 0.4) is 0 Å². The lowest BCUT2D eigenvalue weighted by molar-refractivity contribution is 0.170. The Morgan fingerprint density at radius 1 is 1.11 bits per heavy atom. The summed E-state index contributed by atoms with van der Waals surface area (Å²) in [5.41, 5.74) is 8.06. The lowest BCUT2D eigenvalue weighted by atomic mass is 9.69. The molecule has 3 rings (SSSR count). The van der Waals surface area contributed by atoms with Crippen LogP contribution in [0.25, 0.3) is 0 Å². The number of nitrogens with two attached hydrogens (primary N) is 1. The molecular formula is C17H25NO. The first-order valence-electron chi connectivity index (χ1n) is 7.70. The van der Waals surface area contributed by atoms with Gasteiger partial charge in [-0.2, -0.15) is 0 Å². The summed E-state index contributed by atoms with van der Waals surface area (Å²) in [4.78, 5) is 0. The van der Waals surface area contributed by atoms with E-state index in [1.807, 2.05) is 0 Å². The van der Waals surface area contributed by atoms with E-state index in [0.717, 1.165) is 5.75 Å². The third-order valence-corrected chi connectivity index (χ3v) is 4.81. The van der Waals surface area contributed by atoms with Gasteiger partial charge in [-0.15, -0.1) is 0 Å². The Kier molecular flexibility index (Phi) is 3.53. The topological polar surface area (TPSA) is 35.2 Å². The van der Waals surface area contributed by atoms with E-state index < -0.39 is 0 Å². The van der Waals surface area contributed by atoms with Crippen LogP contribution >= 0.6 is 0 Å². The van der Waals surface area contributed by atoms with Crippen molar-refractivity contribution in [1.82, 2.24) is 0 Å². The summed E-state index contributed by atoms with van der Waals surface area (Å²) in [6.45, 7) is 2.35. The molecule has 2 heteroatoms. The summed E-state index contributed by atoms with van der Waals surface area (Å²) in [5, 5.41) is 0. The number of hydrogen-bond acceptors (Lipinski definition) is 2. The second-order valence-corrected chi connectivity index (χ2v) is 6.58. The van der Waals surface area contributed by atoms with E-state index in [1.165, 1.54) is 50.5 Å². The van der Waals surface area contributed by atoms with E-state index >= 15 is 0 Å². The van der Waals surface area contributed by atoms with Gasteiger partial charge in [0.25, 0.3) is 0 Å². The molecule has 1 aromatic carbocycles. The first-order chi connectivity index (χ1) is 9.17. The fraction of sp³-hybridized carbons (Fsp3) is 0.647. The lowest BCUT2D eigenvalue weighted by Crippen LogP contribution is -2.33. The molecule has 0 bridgehead atoms. The van der Waals surface area contributed by atoms with E-state index in [0.29, 0.717) is 6.10 Å². The molecule has 0 heterocycles. The minimum atomic E-state index is 0.155. The van der Waals surface area contributed by atoms with Gasteiger partial charge in [-0.05, 0) is 48.8 Å². The van der Waals surface area contributed by atoms with Crippen molar-refractivity contribution in [1.29, 1.82) is 0 Å². The smallest absolute Gasteiger partial charge is 0.119 e. The number of rotatable bonds is 4. The molecule has 0 spiro atoms. The molecule has 2 aliphatic rings. The maximum Gasteiger partial charge on any atom is 0.119 e. The van der Waals surface area contributed by atoms with Crippen molar-refractivity contribution < 1.29 is 4.74 Å². The van der Waals surface area contributed by atoms with E-state index in [9.17, 15) is 0 Å². The standard InChI is InChI=1S/C17H25NO/c1-17(11-3-2-4-12-17)16(18)13-5-7-14(8-6-13)19-15-9-10-15/h5-8,15-16H,2-4,9-12,18H2,1H3. The summed E-state index contributed by atoms with van der Waals surface area (Å²) < 4.78 is 5.79. The van der Waals surface area contributed by atoms with Gasteiger partial charge < -0.3 is 10.5 Å². The second-order valence-electron chi connectivity index (χ2n) is 6.58. The Bertz CT molecular complexity index is 415. The Balaban J connectivity index is 1.69. The summed E-state index contributed by atoms with van der Waals surface area (Å²) in [7, 11) is 0. The van der Waals surface area contributed by atoms with Crippen molar-refractivity contribution in [3.63, 3.8) is 0 Å². The molecule has 0 saturated heterocycles. The Morgan fingerprint density at radius 2 is 1.74 bits per heavy atom. The second kappa shape index (κ2) is 5.16. The summed E-state index contributed by atoms with van der Waals surface area (Å²) in [6, 6.07) is 8.63. The van der Waals surface area contributed by atoms with Crippen molar-refractivity contribution in [3.05, 3.63) is 29.8 Å². The van der Waals surface area contributed by atoms with Gasteiger partial charge in [0.15, 0.2) is 0 Å². The summed E-state index contributed by atoms with van der Waals surface area (Å²) in [5.74, 6) is 0.993. The third-order valence-electron chi connectivity index (χ3n) is 4.81. The molecule has 0 radical (unpaired) electrons. The zero-order chi connectivity index (χ0) is 13.3. The predicted molar refractivity (Wildman–Crippen MR) is 78.2 cm³/mol.